The second-order valence-corrected chi connectivity index (χ2v) is 2.84. The third-order valence-electron chi connectivity index (χ3n) is 2.10. The number of hydrogen-bond donors (Lipinski definition) is 1. The van der Waals surface area contributed by atoms with Crippen LogP contribution in [0, 0.1) is 0 Å². The molecule has 2 N–H and O–H groups in total. The van der Waals surface area contributed by atoms with Gasteiger partial charge in [-0.15, -0.1) is 0 Å². The van der Waals surface area contributed by atoms with Crippen LogP contribution in [0.5, 0.6) is 0 Å². The molecule has 0 heterocycles. The van der Waals surface area contributed by atoms with Gasteiger partial charge in [-0.25, -0.2) is 0 Å². The molecule has 0 saturated carbocycles. The predicted octanol–water partition coefficient (Wildman–Crippen LogP) is -0.698. The van der Waals surface area contributed by atoms with Crippen LogP contribution in [0.25, 0.3) is 10.8 Å². The fraction of sp³-hybridized carbons (Fsp3) is 0.0909. The molecule has 0 saturated heterocycles. The third kappa shape index (κ3) is 1.82. The molecule has 0 fully saturated rings. The van der Waals surface area contributed by atoms with E-state index >= 15 is 0 Å². The molecule has 0 unspecified atom stereocenters. The van der Waals surface area contributed by atoms with Crippen molar-refractivity contribution >= 4 is 10.8 Å². The van der Waals surface area contributed by atoms with Crippen LogP contribution in [-0.4, -0.2) is 0 Å². The molecule has 0 aromatic heterocycles. The maximum atomic E-state index is 5.62. The molecular formula is C11H11ClN-. The van der Waals surface area contributed by atoms with Crippen LogP contribution in [0.1, 0.15) is 5.56 Å². The van der Waals surface area contributed by atoms with E-state index in [1.165, 1.54) is 16.3 Å². The van der Waals surface area contributed by atoms with Gasteiger partial charge in [0.25, 0.3) is 0 Å². The Hall–Kier alpha value is -1.05. The van der Waals surface area contributed by atoms with Crippen LogP contribution < -0.4 is 18.1 Å². The quantitative estimate of drug-likeness (QED) is 0.636. The van der Waals surface area contributed by atoms with Gasteiger partial charge in [-0.1, -0.05) is 42.5 Å². The molecule has 2 rings (SSSR count). The fourth-order valence-electron chi connectivity index (χ4n) is 1.47. The molecule has 2 heteroatoms. The van der Waals surface area contributed by atoms with Gasteiger partial charge in [0, 0.05) is 6.54 Å². The first-order chi connectivity index (χ1) is 5.92. The monoisotopic (exact) mass is 192 g/mol. The van der Waals surface area contributed by atoms with Crippen molar-refractivity contribution in [3.63, 3.8) is 0 Å². The smallest absolute Gasteiger partial charge is 0.0184 e. The topological polar surface area (TPSA) is 26.0 Å². The van der Waals surface area contributed by atoms with Gasteiger partial charge < -0.3 is 18.1 Å². The van der Waals surface area contributed by atoms with Crippen LogP contribution in [0.3, 0.4) is 0 Å². The molecule has 0 bridgehead atoms. The number of rotatable bonds is 1. The number of fused-ring (bicyclic) bond motifs is 1. The summed E-state index contributed by atoms with van der Waals surface area (Å²) in [5, 5.41) is 2.53. The molecule has 0 spiro atoms. The van der Waals surface area contributed by atoms with E-state index in [-0.39, 0.29) is 12.4 Å². The van der Waals surface area contributed by atoms with E-state index in [0.717, 1.165) is 0 Å². The molecule has 0 atom stereocenters. The highest BCUT2D eigenvalue weighted by Crippen LogP contribution is 2.17. The van der Waals surface area contributed by atoms with Crippen LogP contribution in [-0.2, 0) is 6.54 Å². The summed E-state index contributed by atoms with van der Waals surface area (Å²) in [5.74, 6) is 0. The Balaban J connectivity index is 0.000000845. The van der Waals surface area contributed by atoms with Crippen molar-refractivity contribution in [3.05, 3.63) is 48.0 Å². The van der Waals surface area contributed by atoms with Gasteiger partial charge in [-0.2, -0.15) is 0 Å². The molecule has 2 aromatic carbocycles. The van der Waals surface area contributed by atoms with Crippen molar-refractivity contribution in [1.29, 1.82) is 0 Å². The maximum absolute atomic E-state index is 5.62. The summed E-state index contributed by atoms with van der Waals surface area (Å²) in [5.41, 5.74) is 6.83. The van der Waals surface area contributed by atoms with Crippen LogP contribution in [0.2, 0.25) is 0 Å². The van der Waals surface area contributed by atoms with Gasteiger partial charge >= 0.3 is 0 Å². The van der Waals surface area contributed by atoms with E-state index in [1.54, 1.807) is 0 Å². The Labute approximate surface area is 84.0 Å². The molecule has 1 nitrogen and oxygen atoms in total. The Kier molecular flexibility index (Phi) is 3.29. The zero-order valence-electron chi connectivity index (χ0n) is 7.20. The Morgan fingerprint density at radius 3 is 2.38 bits per heavy atom. The van der Waals surface area contributed by atoms with Crippen LogP contribution in [0.4, 0.5) is 0 Å². The van der Waals surface area contributed by atoms with Gasteiger partial charge in [0.2, 0.25) is 0 Å². The number of halogens is 1. The first-order valence-electron chi connectivity index (χ1n) is 4.08. The standard InChI is InChI=1S/C11H11N.ClH/c12-8-10-6-3-5-9-4-1-2-7-11(9)10;/h1-7H,8,12H2;1H/p-1. The average Bonchev–Trinajstić information content (AvgIpc) is 2.17. The molecule has 0 aliphatic carbocycles. The molecule has 0 aliphatic heterocycles. The highest BCUT2D eigenvalue weighted by atomic mass is 35.5. The van der Waals surface area contributed by atoms with Gasteiger partial charge in [0.15, 0.2) is 0 Å². The van der Waals surface area contributed by atoms with Gasteiger partial charge in [-0.3, -0.25) is 0 Å². The van der Waals surface area contributed by atoms with Crippen molar-refractivity contribution in [1.82, 2.24) is 0 Å². The SMILES string of the molecule is NCc1cccc2ccccc12.[Cl-]. The average molecular weight is 193 g/mol. The summed E-state index contributed by atoms with van der Waals surface area (Å²) in [7, 11) is 0. The summed E-state index contributed by atoms with van der Waals surface area (Å²) < 4.78 is 0. The summed E-state index contributed by atoms with van der Waals surface area (Å²) in [6, 6.07) is 14.5. The predicted molar refractivity (Wildman–Crippen MR) is 51.8 cm³/mol. The minimum atomic E-state index is 0. The third-order valence-corrected chi connectivity index (χ3v) is 2.10. The molecule has 2 aromatic rings. The van der Waals surface area contributed by atoms with Crippen molar-refractivity contribution in [2.24, 2.45) is 5.73 Å². The Bertz CT molecular complexity index is 393. The van der Waals surface area contributed by atoms with Gasteiger partial charge in [-0.05, 0) is 16.3 Å². The van der Waals surface area contributed by atoms with Crippen molar-refractivity contribution in [2.75, 3.05) is 0 Å². The molecular weight excluding hydrogens is 182 g/mol. The van der Waals surface area contributed by atoms with E-state index in [4.69, 9.17) is 5.73 Å². The molecule has 13 heavy (non-hydrogen) atoms. The summed E-state index contributed by atoms with van der Waals surface area (Å²) in [4.78, 5) is 0. The van der Waals surface area contributed by atoms with Gasteiger partial charge in [0.1, 0.15) is 0 Å². The lowest BCUT2D eigenvalue weighted by Crippen LogP contribution is -3.00. The summed E-state index contributed by atoms with van der Waals surface area (Å²) >= 11 is 0. The molecule has 68 valence electrons. The lowest BCUT2D eigenvalue weighted by molar-refractivity contribution is -0.00000242. The van der Waals surface area contributed by atoms with Gasteiger partial charge in [0.05, 0.1) is 0 Å². The second-order valence-electron chi connectivity index (χ2n) is 2.84. The minimum Gasteiger partial charge on any atom is -1.00 e. The highest BCUT2D eigenvalue weighted by Gasteiger charge is 1.95. The summed E-state index contributed by atoms with van der Waals surface area (Å²) in [6.07, 6.45) is 0. The zero-order chi connectivity index (χ0) is 8.39. The zero-order valence-corrected chi connectivity index (χ0v) is 7.96. The fourth-order valence-corrected chi connectivity index (χ4v) is 1.47. The number of benzene rings is 2. The lowest BCUT2D eigenvalue weighted by Gasteiger charge is -2.02. The van der Waals surface area contributed by atoms with E-state index in [9.17, 15) is 0 Å². The summed E-state index contributed by atoms with van der Waals surface area (Å²) in [6.45, 7) is 0.612. The van der Waals surface area contributed by atoms with Crippen molar-refractivity contribution in [3.8, 4) is 0 Å². The van der Waals surface area contributed by atoms with Crippen LogP contribution >= 0.6 is 0 Å². The minimum absolute atomic E-state index is 0. The highest BCUT2D eigenvalue weighted by molar-refractivity contribution is 5.85. The van der Waals surface area contributed by atoms with E-state index < -0.39 is 0 Å². The number of nitrogens with two attached hydrogens (primary N) is 1. The first-order valence-corrected chi connectivity index (χ1v) is 4.08. The Morgan fingerprint density at radius 2 is 1.62 bits per heavy atom. The largest absolute Gasteiger partial charge is 1.00 e. The van der Waals surface area contributed by atoms with E-state index in [0.29, 0.717) is 6.54 Å². The van der Waals surface area contributed by atoms with E-state index in [2.05, 4.69) is 24.3 Å². The lowest BCUT2D eigenvalue weighted by atomic mass is 10.1. The normalized spacial score (nSPS) is 9.62. The van der Waals surface area contributed by atoms with Crippen LogP contribution in [0.15, 0.2) is 42.5 Å². The number of hydrogen-bond acceptors (Lipinski definition) is 1. The molecule has 0 aliphatic rings. The first kappa shape index (κ1) is 10.0. The van der Waals surface area contributed by atoms with E-state index in [1.807, 2.05) is 18.2 Å². The maximum Gasteiger partial charge on any atom is 0.0184 e. The Morgan fingerprint density at radius 1 is 0.923 bits per heavy atom. The molecule has 0 amide bonds. The van der Waals surface area contributed by atoms with Crippen molar-refractivity contribution in [2.45, 2.75) is 6.54 Å². The second kappa shape index (κ2) is 4.26. The molecule has 0 radical (unpaired) electrons. The van der Waals surface area contributed by atoms with Crippen molar-refractivity contribution < 1.29 is 12.4 Å².